The Balaban J connectivity index is 1.83. The van der Waals surface area contributed by atoms with Crippen molar-refractivity contribution in [2.45, 2.75) is 31.5 Å². The lowest BCUT2D eigenvalue weighted by Crippen LogP contribution is -2.43. The number of halogens is 5. The van der Waals surface area contributed by atoms with Crippen molar-refractivity contribution < 1.29 is 31.8 Å². The Bertz CT molecular complexity index is 735. The second kappa shape index (κ2) is 9.12. The van der Waals surface area contributed by atoms with Crippen molar-refractivity contribution in [1.82, 2.24) is 5.32 Å². The molecule has 0 radical (unpaired) electrons. The summed E-state index contributed by atoms with van der Waals surface area (Å²) in [4.78, 5) is 0. The van der Waals surface area contributed by atoms with Crippen LogP contribution in [0.4, 0.5) is 22.0 Å². The standard InChI is InChI=1S/C18H19F5N2O2/c19-13-4-12(5-14(20)8-13)7-16(24)17(26)10-25-9-11-2-1-3-15(6-11)27-18(21,22)23/h1-6,8,16-17,25-26H,7,9-10,24H2/t16-,17+/m0/s1. The van der Waals surface area contributed by atoms with Gasteiger partial charge < -0.3 is 20.9 Å². The molecule has 2 rings (SSSR count). The number of hydrogen-bond acceptors (Lipinski definition) is 4. The van der Waals surface area contributed by atoms with Crippen LogP contribution in [0.5, 0.6) is 5.75 Å². The summed E-state index contributed by atoms with van der Waals surface area (Å²) in [6.45, 7) is 0.219. The van der Waals surface area contributed by atoms with Crippen molar-refractivity contribution >= 4 is 0 Å². The molecule has 0 aliphatic rings. The van der Waals surface area contributed by atoms with E-state index >= 15 is 0 Å². The first-order chi connectivity index (χ1) is 12.6. The number of aliphatic hydroxyl groups is 1. The van der Waals surface area contributed by atoms with Gasteiger partial charge in [-0.2, -0.15) is 0 Å². The fourth-order valence-corrected chi connectivity index (χ4v) is 2.51. The SMILES string of the molecule is N[C@@H](Cc1cc(F)cc(F)c1)[C@H](O)CNCc1cccc(OC(F)(F)F)c1. The van der Waals surface area contributed by atoms with E-state index in [9.17, 15) is 27.1 Å². The number of ether oxygens (including phenoxy) is 1. The van der Waals surface area contributed by atoms with E-state index in [0.29, 0.717) is 11.1 Å². The van der Waals surface area contributed by atoms with Crippen LogP contribution in [0.15, 0.2) is 42.5 Å². The summed E-state index contributed by atoms with van der Waals surface area (Å²) in [6.07, 6.45) is -5.73. The van der Waals surface area contributed by atoms with Crippen LogP contribution in [0.2, 0.25) is 0 Å². The minimum absolute atomic E-state index is 0.0450. The highest BCUT2D eigenvalue weighted by molar-refractivity contribution is 5.28. The molecule has 2 atom stereocenters. The maximum atomic E-state index is 13.2. The number of alkyl halides is 3. The van der Waals surface area contributed by atoms with Crippen LogP contribution < -0.4 is 15.8 Å². The Kier molecular flexibility index (Phi) is 7.11. The predicted molar refractivity (Wildman–Crippen MR) is 88.9 cm³/mol. The zero-order valence-corrected chi connectivity index (χ0v) is 14.1. The van der Waals surface area contributed by atoms with Crippen LogP contribution in [0, 0.1) is 11.6 Å². The van der Waals surface area contributed by atoms with Crippen molar-refractivity contribution in [2.24, 2.45) is 5.73 Å². The predicted octanol–water partition coefficient (Wildman–Crippen LogP) is 2.88. The highest BCUT2D eigenvalue weighted by Gasteiger charge is 2.31. The van der Waals surface area contributed by atoms with Gasteiger partial charge >= 0.3 is 6.36 Å². The summed E-state index contributed by atoms with van der Waals surface area (Å²) in [6, 6.07) is 7.64. The van der Waals surface area contributed by atoms with Crippen LogP contribution in [0.3, 0.4) is 0 Å². The number of rotatable bonds is 8. The minimum atomic E-state index is -4.77. The van der Waals surface area contributed by atoms with E-state index in [1.54, 1.807) is 6.07 Å². The first-order valence-corrected chi connectivity index (χ1v) is 8.06. The lowest BCUT2D eigenvalue weighted by molar-refractivity contribution is -0.274. The van der Waals surface area contributed by atoms with E-state index in [1.165, 1.54) is 18.2 Å². The van der Waals surface area contributed by atoms with Gasteiger partial charge in [0.2, 0.25) is 0 Å². The third-order valence-corrected chi connectivity index (χ3v) is 3.70. The Labute approximate surface area is 152 Å². The molecule has 2 aromatic carbocycles. The van der Waals surface area contributed by atoms with Gasteiger partial charge in [-0.15, -0.1) is 13.2 Å². The van der Waals surface area contributed by atoms with E-state index in [2.05, 4.69) is 10.1 Å². The van der Waals surface area contributed by atoms with Crippen LogP contribution in [0.1, 0.15) is 11.1 Å². The highest BCUT2D eigenvalue weighted by Crippen LogP contribution is 2.23. The molecule has 0 heterocycles. The largest absolute Gasteiger partial charge is 0.573 e. The smallest absolute Gasteiger partial charge is 0.406 e. The van der Waals surface area contributed by atoms with Crippen molar-refractivity contribution in [2.75, 3.05) is 6.54 Å². The van der Waals surface area contributed by atoms with E-state index in [4.69, 9.17) is 5.73 Å². The van der Waals surface area contributed by atoms with Crippen molar-refractivity contribution in [3.05, 3.63) is 65.2 Å². The van der Waals surface area contributed by atoms with Gasteiger partial charge in [-0.05, 0) is 41.8 Å². The van der Waals surface area contributed by atoms with Gasteiger partial charge in [0.25, 0.3) is 0 Å². The molecule has 0 saturated heterocycles. The van der Waals surface area contributed by atoms with Gasteiger partial charge in [0.1, 0.15) is 17.4 Å². The van der Waals surface area contributed by atoms with Gasteiger partial charge in [-0.1, -0.05) is 12.1 Å². The third-order valence-electron chi connectivity index (χ3n) is 3.70. The lowest BCUT2D eigenvalue weighted by Gasteiger charge is -2.19. The molecule has 0 fully saturated rings. The molecule has 4 nitrogen and oxygen atoms in total. The summed E-state index contributed by atoms with van der Waals surface area (Å²) in [7, 11) is 0. The number of benzene rings is 2. The Morgan fingerprint density at radius 3 is 2.33 bits per heavy atom. The molecule has 0 spiro atoms. The van der Waals surface area contributed by atoms with Crippen LogP contribution >= 0.6 is 0 Å². The molecule has 0 aromatic heterocycles. The normalized spacial score (nSPS) is 14.0. The second-order valence-electron chi connectivity index (χ2n) is 6.04. The fraction of sp³-hybridized carbons (Fsp3) is 0.333. The summed E-state index contributed by atoms with van der Waals surface area (Å²) < 4.78 is 66.8. The lowest BCUT2D eigenvalue weighted by atomic mass is 10.0. The van der Waals surface area contributed by atoms with E-state index in [0.717, 1.165) is 18.2 Å². The molecule has 0 aliphatic heterocycles. The minimum Gasteiger partial charge on any atom is -0.406 e. The van der Waals surface area contributed by atoms with Crippen LogP contribution in [-0.4, -0.2) is 30.2 Å². The Morgan fingerprint density at radius 1 is 1.04 bits per heavy atom. The average molecular weight is 390 g/mol. The molecule has 0 unspecified atom stereocenters. The monoisotopic (exact) mass is 390 g/mol. The Morgan fingerprint density at radius 2 is 1.70 bits per heavy atom. The topological polar surface area (TPSA) is 67.5 Å². The highest BCUT2D eigenvalue weighted by atomic mass is 19.4. The molecule has 0 amide bonds. The maximum absolute atomic E-state index is 13.2. The second-order valence-corrected chi connectivity index (χ2v) is 6.04. The molecule has 0 aliphatic carbocycles. The summed E-state index contributed by atoms with van der Waals surface area (Å²) in [5.41, 5.74) is 6.68. The van der Waals surface area contributed by atoms with E-state index < -0.39 is 30.1 Å². The maximum Gasteiger partial charge on any atom is 0.573 e. The van der Waals surface area contributed by atoms with Crippen molar-refractivity contribution in [1.29, 1.82) is 0 Å². The van der Waals surface area contributed by atoms with Crippen molar-refractivity contribution in [3.63, 3.8) is 0 Å². The number of hydrogen-bond donors (Lipinski definition) is 3. The fourth-order valence-electron chi connectivity index (χ4n) is 2.51. The number of nitrogens with two attached hydrogens (primary N) is 1. The van der Waals surface area contributed by atoms with Gasteiger partial charge in [-0.25, -0.2) is 8.78 Å². The molecule has 0 bridgehead atoms. The summed E-state index contributed by atoms with van der Waals surface area (Å²) in [5, 5.41) is 12.9. The zero-order valence-electron chi connectivity index (χ0n) is 14.1. The molecule has 0 saturated carbocycles. The average Bonchev–Trinajstić information content (AvgIpc) is 2.52. The van der Waals surface area contributed by atoms with Gasteiger partial charge in [0, 0.05) is 25.2 Å². The number of aliphatic hydroxyl groups excluding tert-OH is 1. The van der Waals surface area contributed by atoms with Crippen LogP contribution in [0.25, 0.3) is 0 Å². The summed E-state index contributed by atoms with van der Waals surface area (Å²) >= 11 is 0. The molecule has 2 aromatic rings. The molecule has 9 heteroatoms. The first kappa shape index (κ1) is 21.1. The molecular formula is C18H19F5N2O2. The van der Waals surface area contributed by atoms with E-state index in [-0.39, 0.29) is 25.3 Å². The molecule has 4 N–H and O–H groups in total. The van der Waals surface area contributed by atoms with Gasteiger partial charge in [-0.3, -0.25) is 0 Å². The molecule has 148 valence electrons. The molecular weight excluding hydrogens is 371 g/mol. The van der Waals surface area contributed by atoms with Gasteiger partial charge in [0.05, 0.1) is 6.10 Å². The molecule has 27 heavy (non-hydrogen) atoms. The third kappa shape index (κ3) is 7.49. The zero-order chi connectivity index (χ0) is 20.0. The first-order valence-electron chi connectivity index (χ1n) is 8.06. The Hall–Kier alpha value is -2.23. The van der Waals surface area contributed by atoms with E-state index in [1.807, 2.05) is 0 Å². The van der Waals surface area contributed by atoms with Gasteiger partial charge in [0.15, 0.2) is 0 Å². The van der Waals surface area contributed by atoms with Crippen molar-refractivity contribution in [3.8, 4) is 5.75 Å². The number of nitrogens with one attached hydrogen (secondary N) is 1. The summed E-state index contributed by atoms with van der Waals surface area (Å²) in [5.74, 6) is -1.80. The quantitative estimate of drug-likeness (QED) is 0.607. The van der Waals surface area contributed by atoms with Crippen LogP contribution in [-0.2, 0) is 13.0 Å².